The molecule has 7 aromatic rings. The van der Waals surface area contributed by atoms with Crippen LogP contribution >= 0.6 is 11.6 Å². The highest BCUT2D eigenvalue weighted by Crippen LogP contribution is 2.42. The molecule has 4 aromatic carbocycles. The second-order valence-electron chi connectivity index (χ2n) is 15.8. The molecule has 8 rings (SSSR count). The van der Waals surface area contributed by atoms with Gasteiger partial charge >= 0.3 is 5.97 Å². The highest BCUT2D eigenvalue weighted by Gasteiger charge is 2.30. The Kier molecular flexibility index (Phi) is 12.3. The van der Waals surface area contributed by atoms with E-state index in [1.807, 2.05) is 73.4 Å². The summed E-state index contributed by atoms with van der Waals surface area (Å²) in [6.45, 7) is 7.43. The number of hydrogen-bond acceptors (Lipinski definition) is 8. The predicted octanol–water partition coefficient (Wildman–Crippen LogP) is 7.61. The van der Waals surface area contributed by atoms with Gasteiger partial charge in [-0.3, -0.25) is 24.4 Å². The molecule has 1 unspecified atom stereocenters. The fraction of sp³-hybridized carbons (Fsp3) is 0.319. The van der Waals surface area contributed by atoms with Crippen molar-refractivity contribution in [2.24, 2.45) is 7.05 Å². The van der Waals surface area contributed by atoms with Crippen molar-refractivity contribution in [3.8, 4) is 16.9 Å². The Balaban J connectivity index is 0.999. The van der Waals surface area contributed by atoms with Crippen molar-refractivity contribution in [2.75, 3.05) is 19.8 Å². The SMILES string of the molecule is Cc1nn(C)c(C)c1-c1c(Cl)ccc2c(CCCOc3cccc4cc(F)ccc34)c(C(=O)O)n(CCCOCCn3c(C)nc4c(C(=O)NC5CCC(=O)NC5=O)cccc43)c12. The predicted molar refractivity (Wildman–Crippen MR) is 237 cm³/mol. The lowest BCUT2D eigenvalue weighted by molar-refractivity contribution is -0.134. The number of ether oxygens (including phenoxy) is 2. The maximum Gasteiger partial charge on any atom is 0.352 e. The largest absolute Gasteiger partial charge is 0.493 e. The number of piperidine rings is 1. The van der Waals surface area contributed by atoms with E-state index in [2.05, 4.69) is 20.7 Å². The number of para-hydroxylation sites is 1. The zero-order chi connectivity index (χ0) is 44.5. The number of carbonyl (C=O) groups is 4. The average Bonchev–Trinajstić information content (AvgIpc) is 3.84. The molecule has 16 heteroatoms. The summed E-state index contributed by atoms with van der Waals surface area (Å²) in [5.41, 5.74) is 6.33. The number of aromatic nitrogens is 5. The second-order valence-corrected chi connectivity index (χ2v) is 16.2. The minimum Gasteiger partial charge on any atom is -0.493 e. The molecule has 0 radical (unpaired) electrons. The number of rotatable bonds is 16. The number of benzene rings is 4. The van der Waals surface area contributed by atoms with E-state index < -0.39 is 23.8 Å². The Morgan fingerprint density at radius 2 is 1.75 bits per heavy atom. The van der Waals surface area contributed by atoms with E-state index in [1.54, 1.807) is 22.9 Å². The van der Waals surface area contributed by atoms with Crippen molar-refractivity contribution in [1.29, 1.82) is 0 Å². The van der Waals surface area contributed by atoms with Gasteiger partial charge in [-0.2, -0.15) is 5.10 Å². The molecule has 1 aliphatic rings. The van der Waals surface area contributed by atoms with Gasteiger partial charge in [0.2, 0.25) is 11.8 Å². The highest BCUT2D eigenvalue weighted by atomic mass is 35.5. The lowest BCUT2D eigenvalue weighted by Gasteiger charge is -2.21. The Bertz CT molecular complexity index is 2950. The zero-order valence-corrected chi connectivity index (χ0v) is 36.1. The van der Waals surface area contributed by atoms with Crippen LogP contribution in [0.25, 0.3) is 43.8 Å². The lowest BCUT2D eigenvalue weighted by Crippen LogP contribution is -2.52. The van der Waals surface area contributed by atoms with E-state index in [4.69, 9.17) is 21.1 Å². The number of carboxylic acids is 1. The number of amides is 3. The van der Waals surface area contributed by atoms with E-state index in [1.165, 1.54) is 12.1 Å². The molecule has 3 N–H and O–H groups in total. The molecule has 0 aliphatic carbocycles. The van der Waals surface area contributed by atoms with Gasteiger partial charge in [0.1, 0.15) is 34.6 Å². The molecule has 3 aromatic heterocycles. The van der Waals surface area contributed by atoms with Crippen molar-refractivity contribution in [3.63, 3.8) is 0 Å². The minimum atomic E-state index is -1.06. The summed E-state index contributed by atoms with van der Waals surface area (Å²) in [5.74, 6) is -1.43. The first-order chi connectivity index (χ1) is 30.3. The first-order valence-electron chi connectivity index (χ1n) is 20.9. The standard InChI is InChI=1S/C47H47ClFN7O7/c1-26-40(27(2)54(4)53-26)41-35(48)17-16-33-32(11-7-23-63-38-13-5-9-29-25-30(49)14-15-31(29)38)44(47(60)61)56(43(33)41)20-8-22-62-24-21-55-28(3)50-42-34(10-6-12-37(42)55)45(58)51-36-18-19-39(57)52-46(36)59/h5-6,9-10,12-17,25,36H,7-8,11,18-24H2,1-4H3,(H,51,58)(H,60,61)(H,52,57,59). The average molecular weight is 876 g/mol. The molecule has 1 atom stereocenters. The van der Waals surface area contributed by atoms with Crippen LogP contribution in [0.2, 0.25) is 5.02 Å². The van der Waals surface area contributed by atoms with E-state index in [9.17, 15) is 28.7 Å². The molecule has 1 saturated heterocycles. The third-order valence-corrected chi connectivity index (χ3v) is 12.1. The third-order valence-electron chi connectivity index (χ3n) is 11.8. The smallest absolute Gasteiger partial charge is 0.352 e. The van der Waals surface area contributed by atoms with Crippen LogP contribution in [-0.2, 0) is 40.9 Å². The molecule has 0 bridgehead atoms. The summed E-state index contributed by atoms with van der Waals surface area (Å²) in [6, 6.07) is 18.2. The van der Waals surface area contributed by atoms with Gasteiger partial charge in [0.25, 0.3) is 5.91 Å². The van der Waals surface area contributed by atoms with Gasteiger partial charge in [0.15, 0.2) is 0 Å². The third kappa shape index (κ3) is 8.50. The first-order valence-corrected chi connectivity index (χ1v) is 21.3. The molecule has 0 spiro atoms. The summed E-state index contributed by atoms with van der Waals surface area (Å²) < 4.78 is 31.8. The summed E-state index contributed by atoms with van der Waals surface area (Å²) in [4.78, 5) is 55.1. The monoisotopic (exact) mass is 875 g/mol. The number of hydrogen-bond donors (Lipinski definition) is 3. The van der Waals surface area contributed by atoms with Crippen LogP contribution in [0.1, 0.15) is 69.3 Å². The van der Waals surface area contributed by atoms with Crippen LogP contribution in [0.15, 0.2) is 66.7 Å². The maximum atomic E-state index is 13.9. The molecule has 3 amide bonds. The minimum absolute atomic E-state index is 0.147. The van der Waals surface area contributed by atoms with Crippen molar-refractivity contribution >= 4 is 68.0 Å². The van der Waals surface area contributed by atoms with Crippen LogP contribution < -0.4 is 15.4 Å². The van der Waals surface area contributed by atoms with Crippen molar-refractivity contribution in [1.82, 2.24) is 34.5 Å². The van der Waals surface area contributed by atoms with Crippen LogP contribution in [0.3, 0.4) is 0 Å². The van der Waals surface area contributed by atoms with Crippen molar-refractivity contribution < 1.29 is 38.1 Å². The fourth-order valence-electron chi connectivity index (χ4n) is 8.75. The van der Waals surface area contributed by atoms with Gasteiger partial charge < -0.3 is 29.0 Å². The molecular formula is C47H47ClFN7O7. The van der Waals surface area contributed by atoms with Crippen LogP contribution in [0.5, 0.6) is 5.75 Å². The number of carboxylic acid groups (broad SMARTS) is 1. The molecule has 0 saturated carbocycles. The van der Waals surface area contributed by atoms with Crippen LogP contribution in [0, 0.1) is 26.6 Å². The van der Waals surface area contributed by atoms with Crippen molar-refractivity contribution in [3.05, 3.63) is 112 Å². The van der Waals surface area contributed by atoms with Gasteiger partial charge in [-0.1, -0.05) is 35.9 Å². The van der Waals surface area contributed by atoms with Gasteiger partial charge in [0, 0.05) is 60.8 Å². The quantitative estimate of drug-likeness (QED) is 0.0653. The lowest BCUT2D eigenvalue weighted by atomic mass is 9.98. The number of aromatic carboxylic acids is 1. The number of nitrogens with zero attached hydrogens (tertiary/aromatic N) is 5. The number of imide groups is 1. The summed E-state index contributed by atoms with van der Waals surface area (Å²) in [5, 5.41) is 23.3. The second kappa shape index (κ2) is 18.0. The molecule has 63 heavy (non-hydrogen) atoms. The number of nitrogens with one attached hydrogen (secondary N) is 2. The Labute approximate surface area is 366 Å². The number of imidazole rings is 1. The highest BCUT2D eigenvalue weighted by molar-refractivity contribution is 6.35. The topological polar surface area (TPSA) is 172 Å². The summed E-state index contributed by atoms with van der Waals surface area (Å²) >= 11 is 7.02. The summed E-state index contributed by atoms with van der Waals surface area (Å²) in [7, 11) is 1.87. The molecule has 4 heterocycles. The molecule has 1 fully saturated rings. The normalized spacial score (nSPS) is 14.2. The van der Waals surface area contributed by atoms with Crippen LogP contribution in [-0.4, -0.2) is 78.6 Å². The maximum absolute atomic E-state index is 13.9. The number of halogens is 2. The molecule has 326 valence electrons. The summed E-state index contributed by atoms with van der Waals surface area (Å²) in [6.07, 6.45) is 1.78. The van der Waals surface area contributed by atoms with E-state index in [0.717, 1.165) is 44.2 Å². The van der Waals surface area contributed by atoms with Crippen molar-refractivity contribution in [2.45, 2.75) is 72.0 Å². The number of fused-ring (bicyclic) bond motifs is 3. The Morgan fingerprint density at radius 1 is 0.952 bits per heavy atom. The molecule has 1 aliphatic heterocycles. The first kappa shape index (κ1) is 43.1. The van der Waals surface area contributed by atoms with Gasteiger partial charge in [0.05, 0.1) is 40.5 Å². The Morgan fingerprint density at radius 3 is 2.51 bits per heavy atom. The van der Waals surface area contributed by atoms with E-state index in [-0.39, 0.29) is 30.3 Å². The van der Waals surface area contributed by atoms with E-state index in [0.29, 0.717) is 90.9 Å². The number of aryl methyl sites for hydroxylation is 5. The zero-order valence-electron chi connectivity index (χ0n) is 35.4. The number of carbonyl (C=O) groups excluding carboxylic acids is 3. The molecular weight excluding hydrogens is 829 g/mol. The van der Waals surface area contributed by atoms with Gasteiger partial charge in [-0.05, 0) is 99.9 Å². The van der Waals surface area contributed by atoms with Crippen LogP contribution in [0.4, 0.5) is 4.39 Å². The fourth-order valence-corrected chi connectivity index (χ4v) is 8.99. The Hall–Kier alpha value is -6.58. The van der Waals surface area contributed by atoms with Gasteiger partial charge in [-0.15, -0.1) is 0 Å². The molecule has 14 nitrogen and oxygen atoms in total. The van der Waals surface area contributed by atoms with Gasteiger partial charge in [-0.25, -0.2) is 14.2 Å². The van der Waals surface area contributed by atoms with E-state index >= 15 is 0 Å².